The van der Waals surface area contributed by atoms with Crippen molar-refractivity contribution in [1.29, 1.82) is 0 Å². The predicted octanol–water partition coefficient (Wildman–Crippen LogP) is -0.599. The summed E-state index contributed by atoms with van der Waals surface area (Å²) in [5.74, 6) is -3.49. The van der Waals surface area contributed by atoms with Crippen molar-refractivity contribution >= 4 is 29.2 Å². The van der Waals surface area contributed by atoms with Crippen LogP contribution in [0.5, 0.6) is 0 Å². The number of methoxy groups -OCH3 is 1. The molecule has 0 bridgehead atoms. The van der Waals surface area contributed by atoms with Crippen LogP contribution in [0.2, 0.25) is 0 Å². The molecule has 30 heavy (non-hydrogen) atoms. The van der Waals surface area contributed by atoms with Crippen molar-refractivity contribution < 1.29 is 28.8 Å². The van der Waals surface area contributed by atoms with E-state index in [1.807, 2.05) is 0 Å². The molecule has 0 amide bonds. The summed E-state index contributed by atoms with van der Waals surface area (Å²) in [6, 6.07) is 2.74. The Kier molecular flexibility index (Phi) is 6.15. The third-order valence-corrected chi connectivity index (χ3v) is 4.11. The summed E-state index contributed by atoms with van der Waals surface area (Å²) in [6.07, 6.45) is 0. The number of Topliss-reactive ketones (excluding diaryl/α,β-unsaturated/α-hetero) is 1. The lowest BCUT2D eigenvalue weighted by Gasteiger charge is -2.11. The average molecular weight is 420 g/mol. The summed E-state index contributed by atoms with van der Waals surface area (Å²) in [6.45, 7) is -0.938. The molecule has 0 spiro atoms. The number of rotatable bonds is 6. The zero-order chi connectivity index (χ0) is 22.7. The molecule has 2 rings (SSSR count). The van der Waals surface area contributed by atoms with Crippen LogP contribution in [0.1, 0.15) is 31.1 Å². The monoisotopic (exact) mass is 420 g/mol. The lowest BCUT2D eigenvalue weighted by atomic mass is 10.1. The molecule has 0 fully saturated rings. The highest BCUT2D eigenvalue weighted by Crippen LogP contribution is 2.19. The number of nitrogen functional groups attached to an aromatic ring is 1. The fourth-order valence-electron chi connectivity index (χ4n) is 2.48. The molecule has 13 heteroatoms. The molecule has 158 valence electrons. The number of anilines is 1. The molecule has 2 N–H and O–H groups in total. The van der Waals surface area contributed by atoms with E-state index in [2.05, 4.69) is 4.74 Å². The molecular weight excluding hydrogens is 404 g/mol. The molecule has 0 radical (unpaired) electrons. The van der Waals surface area contributed by atoms with E-state index in [9.17, 15) is 34.1 Å². The van der Waals surface area contributed by atoms with Gasteiger partial charge in [-0.15, -0.1) is 0 Å². The Morgan fingerprint density at radius 3 is 2.17 bits per heavy atom. The molecule has 0 aliphatic rings. The number of nitro groups is 1. The van der Waals surface area contributed by atoms with Gasteiger partial charge in [0.1, 0.15) is 11.4 Å². The van der Waals surface area contributed by atoms with E-state index >= 15 is 0 Å². The number of carbonyl (C=O) groups excluding carboxylic acids is 3. The summed E-state index contributed by atoms with van der Waals surface area (Å²) in [5, 5.41) is 11.0. The Bertz CT molecular complexity index is 1190. The van der Waals surface area contributed by atoms with Crippen molar-refractivity contribution in [3.63, 3.8) is 0 Å². The van der Waals surface area contributed by atoms with Crippen LogP contribution in [0, 0.1) is 10.1 Å². The highest BCUT2D eigenvalue weighted by atomic mass is 16.6. The van der Waals surface area contributed by atoms with E-state index in [0.29, 0.717) is 4.57 Å². The lowest BCUT2D eigenvalue weighted by molar-refractivity contribution is -0.384. The summed E-state index contributed by atoms with van der Waals surface area (Å²) in [5.41, 5.74) is 2.13. The van der Waals surface area contributed by atoms with Gasteiger partial charge >= 0.3 is 17.6 Å². The molecule has 0 saturated carbocycles. The lowest BCUT2D eigenvalue weighted by Crippen LogP contribution is -2.42. The van der Waals surface area contributed by atoms with E-state index in [1.54, 1.807) is 0 Å². The second-order valence-corrected chi connectivity index (χ2v) is 5.98. The molecule has 1 aromatic heterocycles. The number of non-ortho nitro benzene ring substituents is 1. The summed E-state index contributed by atoms with van der Waals surface area (Å²) >= 11 is 0. The molecule has 1 aromatic carbocycles. The molecule has 2 aromatic rings. The number of nitrogens with zero attached hydrogens (tertiary/aromatic N) is 3. The van der Waals surface area contributed by atoms with Gasteiger partial charge in [0, 0.05) is 26.2 Å². The number of ether oxygens (including phenoxy) is 2. The maximum absolute atomic E-state index is 12.4. The van der Waals surface area contributed by atoms with Gasteiger partial charge in [-0.25, -0.2) is 14.4 Å². The van der Waals surface area contributed by atoms with E-state index < -0.39 is 63.1 Å². The predicted molar refractivity (Wildman–Crippen MR) is 100 cm³/mol. The van der Waals surface area contributed by atoms with E-state index in [1.165, 1.54) is 7.05 Å². The number of benzene rings is 1. The topological polar surface area (TPSA) is 183 Å². The van der Waals surface area contributed by atoms with Gasteiger partial charge in [-0.1, -0.05) is 0 Å². The van der Waals surface area contributed by atoms with Crippen LogP contribution in [0.25, 0.3) is 0 Å². The van der Waals surface area contributed by atoms with Crippen molar-refractivity contribution in [2.45, 2.75) is 0 Å². The number of nitro benzene ring substituents is 1. The number of hydrogen-bond acceptors (Lipinski definition) is 10. The second kappa shape index (κ2) is 8.38. The van der Waals surface area contributed by atoms with E-state index in [-0.39, 0.29) is 5.56 Å². The van der Waals surface area contributed by atoms with E-state index in [0.717, 1.165) is 36.9 Å². The average Bonchev–Trinajstić information content (AvgIpc) is 2.73. The smallest absolute Gasteiger partial charge is 0.338 e. The Morgan fingerprint density at radius 1 is 1.07 bits per heavy atom. The van der Waals surface area contributed by atoms with Gasteiger partial charge in [0.2, 0.25) is 5.78 Å². The normalized spacial score (nSPS) is 10.4. The van der Waals surface area contributed by atoms with Gasteiger partial charge in [-0.2, -0.15) is 0 Å². The SMILES string of the molecule is COC(=O)c1cc(C(=O)OCC(=O)c2c(N)n(C)c(=O)n(C)c2=O)cc([N+](=O)[O-])c1. The van der Waals surface area contributed by atoms with Crippen LogP contribution < -0.4 is 17.0 Å². The minimum absolute atomic E-state index is 0.277. The van der Waals surface area contributed by atoms with Gasteiger partial charge in [0.15, 0.2) is 6.61 Å². The minimum atomic E-state index is -1.17. The molecule has 1 heterocycles. The third kappa shape index (κ3) is 4.09. The Hall–Kier alpha value is -4.29. The summed E-state index contributed by atoms with van der Waals surface area (Å²) < 4.78 is 10.8. The number of aromatic nitrogens is 2. The highest BCUT2D eigenvalue weighted by molar-refractivity contribution is 6.02. The largest absolute Gasteiger partial charge is 0.465 e. The maximum atomic E-state index is 12.4. The van der Waals surface area contributed by atoms with Crippen LogP contribution in [0.4, 0.5) is 11.5 Å². The first kappa shape index (κ1) is 22.0. The number of hydrogen-bond donors (Lipinski definition) is 1. The molecule has 0 aliphatic carbocycles. The van der Waals surface area contributed by atoms with Crippen LogP contribution in [-0.2, 0) is 23.6 Å². The van der Waals surface area contributed by atoms with Gasteiger partial charge in [0.25, 0.3) is 11.2 Å². The van der Waals surface area contributed by atoms with Gasteiger partial charge < -0.3 is 15.2 Å². The second-order valence-electron chi connectivity index (χ2n) is 5.98. The molecule has 13 nitrogen and oxygen atoms in total. The molecule has 0 unspecified atom stereocenters. The van der Waals surface area contributed by atoms with Crippen molar-refractivity contribution in [3.05, 3.63) is 65.8 Å². The van der Waals surface area contributed by atoms with Crippen LogP contribution in [-0.4, -0.2) is 45.5 Å². The number of carbonyl (C=O) groups is 3. The first-order chi connectivity index (χ1) is 14.0. The molecule has 0 saturated heterocycles. The third-order valence-electron chi connectivity index (χ3n) is 4.11. The summed E-state index contributed by atoms with van der Waals surface area (Å²) in [4.78, 5) is 70.4. The zero-order valence-corrected chi connectivity index (χ0v) is 16.0. The van der Waals surface area contributed by atoms with Gasteiger partial charge in [0.05, 0.1) is 23.2 Å². The zero-order valence-electron chi connectivity index (χ0n) is 16.0. The van der Waals surface area contributed by atoms with E-state index in [4.69, 9.17) is 10.5 Å². The quantitative estimate of drug-likeness (QED) is 0.274. The highest BCUT2D eigenvalue weighted by Gasteiger charge is 2.23. The van der Waals surface area contributed by atoms with Crippen molar-refractivity contribution in [2.75, 3.05) is 19.5 Å². The van der Waals surface area contributed by atoms with Crippen molar-refractivity contribution in [3.8, 4) is 0 Å². The number of esters is 2. The Balaban J connectivity index is 2.33. The molecule has 0 aliphatic heterocycles. The first-order valence-electron chi connectivity index (χ1n) is 8.13. The maximum Gasteiger partial charge on any atom is 0.338 e. The Morgan fingerprint density at radius 2 is 1.63 bits per heavy atom. The van der Waals surface area contributed by atoms with Crippen molar-refractivity contribution in [2.24, 2.45) is 14.1 Å². The standard InChI is InChI=1S/C17H16N4O9/c1-19-13(18)12(14(23)20(2)17(19)26)11(22)7-30-16(25)9-4-8(15(24)29-3)5-10(6-9)21(27)28/h4-6H,7,18H2,1-3H3. The van der Waals surface area contributed by atoms with Crippen LogP contribution in [0.15, 0.2) is 27.8 Å². The Labute approximate surface area is 167 Å². The van der Waals surface area contributed by atoms with Crippen LogP contribution >= 0.6 is 0 Å². The fraction of sp³-hybridized carbons (Fsp3) is 0.235. The first-order valence-corrected chi connectivity index (χ1v) is 8.13. The molecule has 0 atom stereocenters. The fourth-order valence-corrected chi connectivity index (χ4v) is 2.48. The van der Waals surface area contributed by atoms with Crippen LogP contribution in [0.3, 0.4) is 0 Å². The number of ketones is 1. The van der Waals surface area contributed by atoms with Gasteiger partial charge in [-0.3, -0.25) is 28.8 Å². The van der Waals surface area contributed by atoms with Gasteiger partial charge in [-0.05, 0) is 6.07 Å². The molecular formula is C17H16N4O9. The summed E-state index contributed by atoms with van der Waals surface area (Å²) in [7, 11) is 3.44. The van der Waals surface area contributed by atoms with Crippen molar-refractivity contribution in [1.82, 2.24) is 9.13 Å². The number of nitrogens with two attached hydrogens (primary N) is 1. The minimum Gasteiger partial charge on any atom is -0.465 e.